The van der Waals surface area contributed by atoms with Crippen LogP contribution in [0.5, 0.6) is 0 Å². The molecule has 0 atom stereocenters. The van der Waals surface area contributed by atoms with Crippen LogP contribution < -0.4 is 4.90 Å². The van der Waals surface area contributed by atoms with E-state index in [9.17, 15) is 4.79 Å². The summed E-state index contributed by atoms with van der Waals surface area (Å²) in [6.07, 6.45) is 7.05. The van der Waals surface area contributed by atoms with Crippen molar-refractivity contribution in [1.82, 2.24) is 19.8 Å². The van der Waals surface area contributed by atoms with Gasteiger partial charge in [-0.05, 0) is 46.5 Å². The molecule has 156 valence electrons. The summed E-state index contributed by atoms with van der Waals surface area (Å²) in [5.41, 5.74) is 2.00. The predicted molar refractivity (Wildman–Crippen MR) is 111 cm³/mol. The third-order valence-corrected chi connectivity index (χ3v) is 5.76. The van der Waals surface area contributed by atoms with Gasteiger partial charge in [0.05, 0.1) is 5.69 Å². The number of amides is 1. The first-order valence-corrected chi connectivity index (χ1v) is 10.4. The van der Waals surface area contributed by atoms with Gasteiger partial charge in [0.15, 0.2) is 0 Å². The molecular formula is C21H35N5O2. The highest BCUT2D eigenvalue weighted by atomic mass is 16.6. The Hall–Kier alpha value is -1.89. The molecule has 0 unspecified atom stereocenters. The molecule has 0 saturated heterocycles. The second-order valence-corrected chi connectivity index (χ2v) is 9.31. The molecule has 0 radical (unpaired) electrons. The van der Waals surface area contributed by atoms with Crippen LogP contribution >= 0.6 is 0 Å². The standard InChI is InChI=1S/C21H35N5O2/c1-21(2,3)28-20(27)25(6)16-7-9-17(10-8-16)26-12-11-18-15(14-26)13-22-19(23-18)24(4)5/h13,16-17H,7-12,14H2,1-6H3. The van der Waals surface area contributed by atoms with Gasteiger partial charge in [-0.1, -0.05) is 0 Å². The average molecular weight is 390 g/mol. The smallest absolute Gasteiger partial charge is 0.410 e. The number of rotatable bonds is 3. The Morgan fingerprint density at radius 3 is 2.46 bits per heavy atom. The molecule has 1 fully saturated rings. The number of carbonyl (C=O) groups excluding carboxylic acids is 1. The topological polar surface area (TPSA) is 61.8 Å². The van der Waals surface area contributed by atoms with Crippen molar-refractivity contribution in [1.29, 1.82) is 0 Å². The maximum absolute atomic E-state index is 12.3. The minimum atomic E-state index is -0.446. The van der Waals surface area contributed by atoms with Crippen molar-refractivity contribution < 1.29 is 9.53 Å². The van der Waals surface area contributed by atoms with E-state index in [1.54, 1.807) is 4.90 Å². The van der Waals surface area contributed by atoms with Crippen molar-refractivity contribution in [2.45, 2.75) is 77.1 Å². The third-order valence-electron chi connectivity index (χ3n) is 5.76. The van der Waals surface area contributed by atoms with Gasteiger partial charge in [-0.2, -0.15) is 0 Å². The van der Waals surface area contributed by atoms with E-state index in [0.717, 1.165) is 51.1 Å². The van der Waals surface area contributed by atoms with E-state index in [1.807, 2.05) is 53.0 Å². The maximum atomic E-state index is 12.3. The van der Waals surface area contributed by atoms with Crippen LogP contribution in [-0.4, -0.2) is 71.2 Å². The van der Waals surface area contributed by atoms with Gasteiger partial charge < -0.3 is 14.5 Å². The van der Waals surface area contributed by atoms with Crippen LogP contribution in [0.4, 0.5) is 10.7 Å². The molecule has 7 heteroatoms. The van der Waals surface area contributed by atoms with E-state index >= 15 is 0 Å². The number of ether oxygens (including phenoxy) is 1. The summed E-state index contributed by atoms with van der Waals surface area (Å²) in [4.78, 5) is 27.8. The lowest BCUT2D eigenvalue weighted by Gasteiger charge is -2.41. The molecule has 1 aromatic rings. The van der Waals surface area contributed by atoms with Crippen LogP contribution in [0.15, 0.2) is 6.20 Å². The molecule has 0 aromatic carbocycles. The molecule has 28 heavy (non-hydrogen) atoms. The monoisotopic (exact) mass is 389 g/mol. The molecule has 1 saturated carbocycles. The van der Waals surface area contributed by atoms with Crippen molar-refractivity contribution in [3.05, 3.63) is 17.5 Å². The molecule has 0 spiro atoms. The fraction of sp³-hybridized carbons (Fsp3) is 0.762. The van der Waals surface area contributed by atoms with Gasteiger partial charge in [0, 0.05) is 64.5 Å². The highest BCUT2D eigenvalue weighted by Gasteiger charge is 2.32. The van der Waals surface area contributed by atoms with Gasteiger partial charge in [0.1, 0.15) is 5.60 Å². The number of hydrogen-bond donors (Lipinski definition) is 0. The number of fused-ring (bicyclic) bond motifs is 1. The SMILES string of the molecule is CN(C)c1ncc2c(n1)CCN(C1CCC(N(C)C(=O)OC(C)(C)C)CC1)C2. The lowest BCUT2D eigenvalue weighted by molar-refractivity contribution is 0.0145. The largest absolute Gasteiger partial charge is 0.444 e. The molecule has 0 N–H and O–H groups in total. The summed E-state index contributed by atoms with van der Waals surface area (Å²) < 4.78 is 5.52. The van der Waals surface area contributed by atoms with E-state index in [2.05, 4.69) is 9.88 Å². The van der Waals surface area contributed by atoms with Crippen molar-refractivity contribution >= 4 is 12.0 Å². The summed E-state index contributed by atoms with van der Waals surface area (Å²) in [6, 6.07) is 0.846. The molecule has 2 heterocycles. The number of nitrogens with zero attached hydrogens (tertiary/aromatic N) is 5. The Labute approximate surface area is 169 Å². The molecule has 0 bridgehead atoms. The summed E-state index contributed by atoms with van der Waals surface area (Å²) in [7, 11) is 5.82. The van der Waals surface area contributed by atoms with Crippen molar-refractivity contribution in [3.8, 4) is 0 Å². The van der Waals surface area contributed by atoms with Gasteiger partial charge in [-0.15, -0.1) is 0 Å². The number of hydrogen-bond acceptors (Lipinski definition) is 6. The predicted octanol–water partition coefficient (Wildman–Crippen LogP) is 3.08. The number of aromatic nitrogens is 2. The van der Waals surface area contributed by atoms with E-state index < -0.39 is 5.60 Å². The van der Waals surface area contributed by atoms with Gasteiger partial charge in [0.2, 0.25) is 5.95 Å². The van der Waals surface area contributed by atoms with Gasteiger partial charge in [-0.3, -0.25) is 4.90 Å². The molecule has 1 amide bonds. The van der Waals surface area contributed by atoms with Crippen LogP contribution in [0.2, 0.25) is 0 Å². The molecular weight excluding hydrogens is 354 g/mol. The summed E-state index contributed by atoms with van der Waals surface area (Å²) >= 11 is 0. The summed E-state index contributed by atoms with van der Waals surface area (Å²) in [5.74, 6) is 0.790. The zero-order valence-electron chi connectivity index (χ0n) is 18.2. The first-order valence-electron chi connectivity index (χ1n) is 10.4. The van der Waals surface area contributed by atoms with E-state index in [4.69, 9.17) is 9.72 Å². The Balaban J connectivity index is 1.54. The highest BCUT2D eigenvalue weighted by molar-refractivity contribution is 5.68. The summed E-state index contributed by atoms with van der Waals surface area (Å²) in [6.45, 7) is 7.72. The second-order valence-electron chi connectivity index (χ2n) is 9.31. The lowest BCUT2D eigenvalue weighted by atomic mass is 9.88. The fourth-order valence-electron chi connectivity index (χ4n) is 4.15. The van der Waals surface area contributed by atoms with Gasteiger partial charge >= 0.3 is 6.09 Å². The first kappa shape index (κ1) is 20.8. The van der Waals surface area contributed by atoms with Crippen LogP contribution in [0.3, 0.4) is 0 Å². The van der Waals surface area contributed by atoms with Crippen molar-refractivity contribution in [2.75, 3.05) is 32.6 Å². The highest BCUT2D eigenvalue weighted by Crippen LogP contribution is 2.30. The number of carbonyl (C=O) groups is 1. The minimum Gasteiger partial charge on any atom is -0.444 e. The molecule has 3 rings (SSSR count). The Morgan fingerprint density at radius 2 is 1.86 bits per heavy atom. The van der Waals surface area contributed by atoms with Crippen molar-refractivity contribution in [2.24, 2.45) is 0 Å². The maximum Gasteiger partial charge on any atom is 0.410 e. The van der Waals surface area contributed by atoms with Gasteiger partial charge in [0.25, 0.3) is 0 Å². The normalized spacial score (nSPS) is 23.1. The van der Waals surface area contributed by atoms with Crippen LogP contribution in [0, 0.1) is 0 Å². The first-order chi connectivity index (χ1) is 13.1. The molecule has 1 aliphatic heterocycles. The Morgan fingerprint density at radius 1 is 1.18 bits per heavy atom. The minimum absolute atomic E-state index is 0.211. The zero-order chi connectivity index (χ0) is 20.5. The molecule has 1 aromatic heterocycles. The Bertz CT molecular complexity index is 693. The average Bonchev–Trinajstić information content (AvgIpc) is 2.65. The van der Waals surface area contributed by atoms with Crippen LogP contribution in [-0.2, 0) is 17.7 Å². The van der Waals surface area contributed by atoms with Gasteiger partial charge in [-0.25, -0.2) is 14.8 Å². The second kappa shape index (κ2) is 8.23. The number of anilines is 1. The van der Waals surface area contributed by atoms with Crippen LogP contribution in [0.1, 0.15) is 57.7 Å². The van der Waals surface area contributed by atoms with Crippen molar-refractivity contribution in [3.63, 3.8) is 0 Å². The zero-order valence-corrected chi connectivity index (χ0v) is 18.2. The third kappa shape index (κ3) is 4.93. The summed E-state index contributed by atoms with van der Waals surface area (Å²) in [5, 5.41) is 0. The van der Waals surface area contributed by atoms with E-state index in [-0.39, 0.29) is 12.1 Å². The molecule has 7 nitrogen and oxygen atoms in total. The molecule has 1 aliphatic carbocycles. The fourth-order valence-corrected chi connectivity index (χ4v) is 4.15. The van der Waals surface area contributed by atoms with E-state index in [1.165, 1.54) is 11.3 Å². The quantitative estimate of drug-likeness (QED) is 0.792. The van der Waals surface area contributed by atoms with E-state index in [0.29, 0.717) is 6.04 Å². The molecule has 2 aliphatic rings. The Kier molecular flexibility index (Phi) is 6.12. The van der Waals surface area contributed by atoms with Crippen LogP contribution in [0.25, 0.3) is 0 Å². The lowest BCUT2D eigenvalue weighted by Crippen LogP contribution is -2.47.